The maximum absolute atomic E-state index is 4.80. The highest BCUT2D eigenvalue weighted by atomic mass is 127. The van der Waals surface area contributed by atoms with E-state index in [4.69, 9.17) is 4.99 Å². The van der Waals surface area contributed by atoms with Crippen molar-refractivity contribution in [2.24, 2.45) is 4.99 Å². The zero-order chi connectivity index (χ0) is 19.4. The quantitative estimate of drug-likeness (QED) is 0.223. The highest BCUT2D eigenvalue weighted by molar-refractivity contribution is 14.0. The molecule has 0 saturated carbocycles. The van der Waals surface area contributed by atoms with Gasteiger partial charge in [-0.15, -0.1) is 24.0 Å². The number of aromatic nitrogens is 2. The minimum Gasteiger partial charge on any atom is -0.357 e. The first-order valence-corrected chi connectivity index (χ1v) is 10.6. The molecule has 1 saturated heterocycles. The Bertz CT molecular complexity index is 710. The van der Waals surface area contributed by atoms with Crippen LogP contribution in [0.1, 0.15) is 43.7 Å². The molecule has 1 aliphatic rings. The molecule has 0 unspecified atom stereocenters. The second-order valence-electron chi connectivity index (χ2n) is 7.35. The van der Waals surface area contributed by atoms with E-state index in [1.807, 2.05) is 23.1 Å². The number of halogens is 1. The van der Waals surface area contributed by atoms with Crippen LogP contribution < -0.4 is 10.6 Å². The van der Waals surface area contributed by atoms with Crippen LogP contribution in [0, 0.1) is 0 Å². The molecule has 1 aromatic heterocycles. The van der Waals surface area contributed by atoms with Crippen LogP contribution in [0.3, 0.4) is 0 Å². The highest BCUT2D eigenvalue weighted by Crippen LogP contribution is 2.12. The minimum absolute atomic E-state index is 0. The molecular formula is C22H35IN6. The molecule has 29 heavy (non-hydrogen) atoms. The van der Waals surface area contributed by atoms with Crippen molar-refractivity contribution in [3.8, 4) is 0 Å². The Morgan fingerprint density at radius 1 is 1.07 bits per heavy atom. The first-order chi connectivity index (χ1) is 13.8. The monoisotopic (exact) mass is 510 g/mol. The summed E-state index contributed by atoms with van der Waals surface area (Å²) < 4.78 is 1.95. The molecule has 0 aliphatic carbocycles. The van der Waals surface area contributed by atoms with Crippen molar-refractivity contribution >= 4 is 29.9 Å². The molecule has 2 aromatic rings. The number of rotatable bonds is 10. The smallest absolute Gasteiger partial charge is 0.191 e. The van der Waals surface area contributed by atoms with Gasteiger partial charge in [-0.2, -0.15) is 5.10 Å². The third-order valence-electron chi connectivity index (χ3n) is 5.15. The molecular weight excluding hydrogens is 475 g/mol. The lowest BCUT2D eigenvalue weighted by Gasteiger charge is -2.15. The van der Waals surface area contributed by atoms with Gasteiger partial charge in [-0.3, -0.25) is 4.68 Å². The van der Waals surface area contributed by atoms with Crippen molar-refractivity contribution in [1.82, 2.24) is 25.3 Å². The fourth-order valence-electron chi connectivity index (χ4n) is 3.61. The normalized spacial score (nSPS) is 14.6. The van der Waals surface area contributed by atoms with E-state index in [0.717, 1.165) is 25.6 Å². The summed E-state index contributed by atoms with van der Waals surface area (Å²) in [5.74, 6) is 0.901. The first-order valence-electron chi connectivity index (χ1n) is 10.6. The summed E-state index contributed by atoms with van der Waals surface area (Å²) in [7, 11) is 0. The van der Waals surface area contributed by atoms with Gasteiger partial charge in [0.2, 0.25) is 0 Å². The van der Waals surface area contributed by atoms with Gasteiger partial charge < -0.3 is 15.5 Å². The summed E-state index contributed by atoms with van der Waals surface area (Å²) in [5, 5.41) is 11.2. The van der Waals surface area contributed by atoms with Crippen LogP contribution in [-0.2, 0) is 13.1 Å². The molecule has 1 aromatic carbocycles. The van der Waals surface area contributed by atoms with Crippen LogP contribution in [0.5, 0.6) is 0 Å². The summed E-state index contributed by atoms with van der Waals surface area (Å²) in [5.41, 5.74) is 2.50. The summed E-state index contributed by atoms with van der Waals surface area (Å²) >= 11 is 0. The number of unbranched alkanes of at least 4 members (excludes halogenated alkanes) is 1. The largest absolute Gasteiger partial charge is 0.357 e. The van der Waals surface area contributed by atoms with Crippen molar-refractivity contribution in [2.75, 3.05) is 32.7 Å². The van der Waals surface area contributed by atoms with Crippen molar-refractivity contribution < 1.29 is 0 Å². The van der Waals surface area contributed by atoms with E-state index in [-0.39, 0.29) is 24.0 Å². The van der Waals surface area contributed by atoms with Crippen LogP contribution in [0.2, 0.25) is 0 Å². The van der Waals surface area contributed by atoms with Crippen LogP contribution in [0.25, 0.3) is 0 Å². The van der Waals surface area contributed by atoms with Gasteiger partial charge in [0, 0.05) is 25.5 Å². The third-order valence-corrected chi connectivity index (χ3v) is 5.15. The van der Waals surface area contributed by atoms with Gasteiger partial charge in [-0.25, -0.2) is 4.99 Å². The number of benzene rings is 1. The summed E-state index contributed by atoms with van der Waals surface area (Å²) in [6.07, 6.45) is 8.98. The first kappa shape index (κ1) is 23.7. The van der Waals surface area contributed by atoms with E-state index in [2.05, 4.69) is 51.8 Å². The van der Waals surface area contributed by atoms with E-state index < -0.39 is 0 Å². The lowest BCUT2D eigenvalue weighted by molar-refractivity contribution is 0.330. The Morgan fingerprint density at radius 2 is 1.86 bits per heavy atom. The minimum atomic E-state index is 0. The standard InChI is InChI=1S/C22H34N6.HI/c1-2-23-22(24-12-5-6-14-27-15-7-8-16-27)25-18-20-10-3-4-11-21(20)19-28-17-9-13-26-28;/h3-4,9-11,13,17H,2,5-8,12,14-16,18-19H2,1H3,(H2,23,24,25);1H. The maximum atomic E-state index is 4.80. The SMILES string of the molecule is CCNC(=NCc1ccccc1Cn1cccn1)NCCCCN1CCCC1.I. The molecule has 0 atom stereocenters. The Kier molecular flexibility index (Phi) is 11.1. The number of nitrogens with zero attached hydrogens (tertiary/aromatic N) is 4. The van der Waals surface area contributed by atoms with Crippen molar-refractivity contribution in [2.45, 2.75) is 45.7 Å². The molecule has 7 heteroatoms. The molecule has 1 fully saturated rings. The number of nitrogens with one attached hydrogen (secondary N) is 2. The zero-order valence-corrected chi connectivity index (χ0v) is 19.8. The summed E-state index contributed by atoms with van der Waals surface area (Å²) in [4.78, 5) is 7.38. The second kappa shape index (κ2) is 13.6. The van der Waals surface area contributed by atoms with Crippen LogP contribution in [-0.4, -0.2) is 53.4 Å². The van der Waals surface area contributed by atoms with Gasteiger partial charge in [-0.05, 0) is 69.4 Å². The Hall–Kier alpha value is -1.61. The predicted molar refractivity (Wildman–Crippen MR) is 131 cm³/mol. The van der Waals surface area contributed by atoms with Gasteiger partial charge in [0.05, 0.1) is 13.1 Å². The van der Waals surface area contributed by atoms with Gasteiger partial charge in [-0.1, -0.05) is 24.3 Å². The number of aliphatic imine (C=N–C) groups is 1. The number of hydrogen-bond donors (Lipinski definition) is 2. The lowest BCUT2D eigenvalue weighted by atomic mass is 10.1. The topological polar surface area (TPSA) is 57.5 Å². The second-order valence-corrected chi connectivity index (χ2v) is 7.35. The maximum Gasteiger partial charge on any atom is 0.191 e. The molecule has 160 valence electrons. The Labute approximate surface area is 192 Å². The molecule has 6 nitrogen and oxygen atoms in total. The summed E-state index contributed by atoms with van der Waals surface area (Å²) in [6.45, 7) is 9.19. The van der Waals surface area contributed by atoms with Crippen molar-refractivity contribution in [3.63, 3.8) is 0 Å². The number of likely N-dealkylation sites (tertiary alicyclic amines) is 1. The fourth-order valence-corrected chi connectivity index (χ4v) is 3.61. The molecule has 0 amide bonds. The van der Waals surface area contributed by atoms with E-state index in [9.17, 15) is 0 Å². The Morgan fingerprint density at radius 3 is 2.59 bits per heavy atom. The van der Waals surface area contributed by atoms with Crippen molar-refractivity contribution in [1.29, 1.82) is 0 Å². The van der Waals surface area contributed by atoms with Crippen LogP contribution in [0.15, 0.2) is 47.7 Å². The molecule has 0 spiro atoms. The average Bonchev–Trinajstić information content (AvgIpc) is 3.41. The predicted octanol–water partition coefficient (Wildman–Crippen LogP) is 3.48. The molecule has 0 bridgehead atoms. The lowest BCUT2D eigenvalue weighted by Crippen LogP contribution is -2.38. The molecule has 1 aliphatic heterocycles. The van der Waals surface area contributed by atoms with E-state index in [0.29, 0.717) is 6.54 Å². The van der Waals surface area contributed by atoms with Crippen LogP contribution >= 0.6 is 24.0 Å². The van der Waals surface area contributed by atoms with Crippen LogP contribution in [0.4, 0.5) is 0 Å². The Balaban J connectivity index is 0.00000300. The van der Waals surface area contributed by atoms with Gasteiger partial charge >= 0.3 is 0 Å². The van der Waals surface area contributed by atoms with Gasteiger partial charge in [0.15, 0.2) is 5.96 Å². The molecule has 2 heterocycles. The fraction of sp³-hybridized carbons (Fsp3) is 0.545. The van der Waals surface area contributed by atoms with E-state index >= 15 is 0 Å². The van der Waals surface area contributed by atoms with Crippen molar-refractivity contribution in [3.05, 3.63) is 53.9 Å². The van der Waals surface area contributed by atoms with Gasteiger partial charge in [0.25, 0.3) is 0 Å². The average molecular weight is 510 g/mol. The van der Waals surface area contributed by atoms with E-state index in [1.54, 1.807) is 0 Å². The number of hydrogen-bond acceptors (Lipinski definition) is 3. The molecule has 0 radical (unpaired) electrons. The highest BCUT2D eigenvalue weighted by Gasteiger charge is 2.10. The molecule has 2 N–H and O–H groups in total. The summed E-state index contributed by atoms with van der Waals surface area (Å²) in [6, 6.07) is 10.4. The third kappa shape index (κ3) is 8.34. The van der Waals surface area contributed by atoms with E-state index in [1.165, 1.54) is 56.4 Å². The zero-order valence-electron chi connectivity index (χ0n) is 17.5. The number of guanidine groups is 1. The van der Waals surface area contributed by atoms with Gasteiger partial charge in [0.1, 0.15) is 0 Å². The molecule has 3 rings (SSSR count).